The van der Waals surface area contributed by atoms with Gasteiger partial charge in [0.05, 0.1) is 39.1 Å². The highest BCUT2D eigenvalue weighted by atomic mass is 16.8. The minimum Gasteiger partial charge on any atom is -0.396 e. The number of hydrogen-bond donors (Lipinski definition) is 18. The molecule has 0 aliphatic carbocycles. The van der Waals surface area contributed by atoms with Crippen LogP contribution < -0.4 is 5.73 Å². The summed E-state index contributed by atoms with van der Waals surface area (Å²) in [5.74, 6) is -1.20. The Labute approximate surface area is 341 Å². The van der Waals surface area contributed by atoms with Gasteiger partial charge in [0.15, 0.2) is 31.5 Å². The fraction of sp³-hybridized carbons (Fsp3) is 1.00. The maximum Gasteiger partial charge on any atom is 0.187 e. The molecule has 0 aromatic carbocycles. The molecule has 25 unspecified atom stereocenters. The van der Waals surface area contributed by atoms with Gasteiger partial charge in [-0.25, -0.2) is 0 Å². The minimum absolute atomic E-state index is 0.0358. The Morgan fingerprint density at radius 3 is 1.45 bits per heavy atom. The first kappa shape index (κ1) is 51.6. The van der Waals surface area contributed by atoms with Gasteiger partial charge in [-0.15, -0.1) is 0 Å². The van der Waals surface area contributed by atoms with Crippen molar-refractivity contribution in [3.8, 4) is 0 Å². The fourth-order valence-corrected chi connectivity index (χ4v) is 7.00. The van der Waals surface area contributed by atoms with Gasteiger partial charge in [0, 0.05) is 19.1 Å². The minimum atomic E-state index is -2.52. The third-order valence-corrected chi connectivity index (χ3v) is 10.7. The molecule has 4 aliphatic heterocycles. The van der Waals surface area contributed by atoms with Gasteiger partial charge in [-0.3, -0.25) is 0 Å². The van der Waals surface area contributed by atoms with Gasteiger partial charge in [0.2, 0.25) is 0 Å². The maximum atomic E-state index is 11.4. The molecule has 19 N–H and O–H groups in total. The number of nitrogens with two attached hydrogens (primary N) is 1. The van der Waals surface area contributed by atoms with E-state index >= 15 is 0 Å². The van der Waals surface area contributed by atoms with E-state index in [1.807, 2.05) is 0 Å². The SMILES string of the molecule is CC(CO)C(O)C(OC1OC(CO)C(O)C(O)C1OC1OC(CO)C(O)C(O)C1OC1OC(CO)C(O)C(O)C1O)C(O)C(O)OC1C(O)C(CO)OC(OCCN)C1O. The second kappa shape index (κ2) is 23.2. The summed E-state index contributed by atoms with van der Waals surface area (Å²) >= 11 is 0. The van der Waals surface area contributed by atoms with Crippen molar-refractivity contribution in [2.75, 3.05) is 46.2 Å². The third kappa shape index (κ3) is 11.4. The van der Waals surface area contributed by atoms with Crippen LogP contribution in [0.4, 0.5) is 0 Å². The highest BCUT2D eigenvalue weighted by Gasteiger charge is 2.56. The van der Waals surface area contributed by atoms with E-state index in [1.165, 1.54) is 6.92 Å². The molecule has 0 aromatic heterocycles. The van der Waals surface area contributed by atoms with E-state index < -0.39 is 186 Å². The standard InChI is InChI=1S/C33H61NO26/c1-9(4-35)14(40)25(23(49)29(51)57-26-18(44)13(8-39)53-30(24(26)50)52-3-2-34)58-32-28(21(47)17(43)11(6-37)55-32)60-33-27(20(46)16(42)12(7-38)56-33)59-31-22(48)19(45)15(41)10(5-36)54-31/h9-33,35-51H,2-8,34H2,1H3. The number of aliphatic hydroxyl groups excluding tert-OH is 17. The van der Waals surface area contributed by atoms with Crippen LogP contribution in [-0.4, -0.2) is 280 Å². The Morgan fingerprint density at radius 2 is 0.933 bits per heavy atom. The van der Waals surface area contributed by atoms with E-state index in [2.05, 4.69) is 0 Å². The molecule has 25 atom stereocenters. The van der Waals surface area contributed by atoms with Gasteiger partial charge >= 0.3 is 0 Å². The van der Waals surface area contributed by atoms with Crippen LogP contribution >= 0.6 is 0 Å². The van der Waals surface area contributed by atoms with Gasteiger partial charge in [-0.05, 0) is 0 Å². The number of hydrogen-bond acceptors (Lipinski definition) is 27. The highest BCUT2D eigenvalue weighted by Crippen LogP contribution is 2.35. The molecule has 0 aromatic rings. The Balaban J connectivity index is 1.66. The maximum absolute atomic E-state index is 11.4. The lowest BCUT2D eigenvalue weighted by atomic mass is 9.94. The van der Waals surface area contributed by atoms with Gasteiger partial charge in [-0.1, -0.05) is 6.92 Å². The average Bonchev–Trinajstić information content (AvgIpc) is 3.24. The normalized spacial score (nSPS) is 45.5. The van der Waals surface area contributed by atoms with E-state index in [1.54, 1.807) is 0 Å². The second-order valence-electron chi connectivity index (χ2n) is 14.9. The van der Waals surface area contributed by atoms with Crippen LogP contribution in [0.5, 0.6) is 0 Å². The third-order valence-electron chi connectivity index (χ3n) is 10.7. The molecule has 4 aliphatic rings. The molecule has 0 saturated carbocycles. The Kier molecular flexibility index (Phi) is 19.9. The molecule has 0 spiro atoms. The van der Waals surface area contributed by atoms with Gasteiger partial charge in [-0.2, -0.15) is 0 Å². The fourth-order valence-electron chi connectivity index (χ4n) is 7.00. The molecule has 27 heteroatoms. The monoisotopic (exact) mass is 887 g/mol. The Morgan fingerprint density at radius 1 is 0.483 bits per heavy atom. The van der Waals surface area contributed by atoms with Crippen LogP contribution in [0.2, 0.25) is 0 Å². The molecule has 0 bridgehead atoms. The quantitative estimate of drug-likeness (QED) is 0.0505. The van der Waals surface area contributed by atoms with Crippen molar-refractivity contribution in [1.82, 2.24) is 0 Å². The summed E-state index contributed by atoms with van der Waals surface area (Å²) in [5, 5.41) is 180. The molecule has 4 heterocycles. The molecule has 0 amide bonds. The highest BCUT2D eigenvalue weighted by molar-refractivity contribution is 4.98. The van der Waals surface area contributed by atoms with Crippen molar-refractivity contribution >= 4 is 0 Å². The van der Waals surface area contributed by atoms with Gasteiger partial charge < -0.3 is 135 Å². The smallest absolute Gasteiger partial charge is 0.187 e. The van der Waals surface area contributed by atoms with Crippen molar-refractivity contribution in [1.29, 1.82) is 0 Å². The number of ether oxygens (including phenoxy) is 9. The predicted molar refractivity (Wildman–Crippen MR) is 186 cm³/mol. The topological polar surface area (TPSA) is 453 Å². The molecule has 4 fully saturated rings. The summed E-state index contributed by atoms with van der Waals surface area (Å²) < 4.78 is 50.0. The first-order chi connectivity index (χ1) is 28.4. The van der Waals surface area contributed by atoms with E-state index in [0.717, 1.165) is 0 Å². The lowest BCUT2D eigenvalue weighted by Gasteiger charge is -2.49. The zero-order valence-corrected chi connectivity index (χ0v) is 32.2. The number of rotatable bonds is 20. The van der Waals surface area contributed by atoms with Crippen LogP contribution in [0.3, 0.4) is 0 Å². The predicted octanol–water partition coefficient (Wildman–Crippen LogP) is -11.7. The molecule has 60 heavy (non-hydrogen) atoms. The van der Waals surface area contributed by atoms with Crippen molar-refractivity contribution in [2.45, 2.75) is 154 Å². The van der Waals surface area contributed by atoms with E-state index in [-0.39, 0.29) is 13.2 Å². The average molecular weight is 888 g/mol. The second-order valence-corrected chi connectivity index (χ2v) is 14.9. The summed E-state index contributed by atoms with van der Waals surface area (Å²) in [6.45, 7) is -3.41. The molecule has 27 nitrogen and oxygen atoms in total. The number of aliphatic hydroxyl groups is 17. The van der Waals surface area contributed by atoms with Crippen molar-refractivity contribution in [3.05, 3.63) is 0 Å². The lowest BCUT2D eigenvalue weighted by molar-refractivity contribution is -0.400. The Hall–Kier alpha value is -1.08. The summed E-state index contributed by atoms with van der Waals surface area (Å²) in [5.41, 5.74) is 5.44. The molecule has 4 saturated heterocycles. The van der Waals surface area contributed by atoms with E-state index in [0.29, 0.717) is 0 Å². The van der Waals surface area contributed by atoms with Crippen LogP contribution in [0, 0.1) is 5.92 Å². The first-order valence-electron chi connectivity index (χ1n) is 19.2. The van der Waals surface area contributed by atoms with Crippen LogP contribution in [0.15, 0.2) is 0 Å². The van der Waals surface area contributed by atoms with Gasteiger partial charge in [0.1, 0.15) is 110 Å². The molecular weight excluding hydrogens is 826 g/mol. The zero-order chi connectivity index (χ0) is 44.7. The summed E-state index contributed by atoms with van der Waals surface area (Å²) in [7, 11) is 0. The van der Waals surface area contributed by atoms with E-state index in [4.69, 9.17) is 48.4 Å². The first-order valence-corrected chi connectivity index (χ1v) is 19.2. The summed E-state index contributed by atoms with van der Waals surface area (Å²) in [6.07, 6.45) is -47.2. The summed E-state index contributed by atoms with van der Waals surface area (Å²) in [6, 6.07) is 0. The van der Waals surface area contributed by atoms with Crippen LogP contribution in [0.25, 0.3) is 0 Å². The molecule has 4 rings (SSSR count). The zero-order valence-electron chi connectivity index (χ0n) is 32.2. The van der Waals surface area contributed by atoms with Crippen molar-refractivity contribution in [3.63, 3.8) is 0 Å². The van der Waals surface area contributed by atoms with Crippen molar-refractivity contribution < 1.29 is 129 Å². The van der Waals surface area contributed by atoms with Crippen LogP contribution in [0.1, 0.15) is 6.92 Å². The Bertz CT molecular complexity index is 1250. The lowest BCUT2D eigenvalue weighted by Crippen LogP contribution is -2.67. The largest absolute Gasteiger partial charge is 0.396 e. The molecular formula is C33H61NO26. The van der Waals surface area contributed by atoms with Crippen molar-refractivity contribution in [2.24, 2.45) is 11.7 Å². The van der Waals surface area contributed by atoms with E-state index in [9.17, 15) is 86.8 Å². The molecule has 354 valence electrons. The summed E-state index contributed by atoms with van der Waals surface area (Å²) in [4.78, 5) is 0. The van der Waals surface area contributed by atoms with Gasteiger partial charge in [0.25, 0.3) is 0 Å². The molecule has 0 radical (unpaired) electrons. The van der Waals surface area contributed by atoms with Crippen LogP contribution in [-0.2, 0) is 42.6 Å².